The van der Waals surface area contributed by atoms with E-state index in [4.69, 9.17) is 9.47 Å². The van der Waals surface area contributed by atoms with Gasteiger partial charge < -0.3 is 19.7 Å². The summed E-state index contributed by atoms with van der Waals surface area (Å²) in [5, 5.41) is 2.51. The van der Waals surface area contributed by atoms with Crippen molar-refractivity contribution in [2.45, 2.75) is 52.7 Å². The molecule has 1 unspecified atom stereocenters. The van der Waals surface area contributed by atoms with Gasteiger partial charge in [-0.05, 0) is 26.7 Å². The van der Waals surface area contributed by atoms with Gasteiger partial charge in [-0.15, -0.1) is 0 Å². The maximum atomic E-state index is 12.1. The third-order valence-electron chi connectivity index (χ3n) is 2.89. The molecule has 0 saturated heterocycles. The van der Waals surface area contributed by atoms with E-state index in [-0.39, 0.29) is 24.8 Å². The first kappa shape index (κ1) is 20.2. The van der Waals surface area contributed by atoms with E-state index in [1.807, 2.05) is 13.8 Å². The van der Waals surface area contributed by atoms with Crippen molar-refractivity contribution in [2.75, 3.05) is 20.7 Å². The van der Waals surface area contributed by atoms with Gasteiger partial charge in [0.1, 0.15) is 11.6 Å². The molecular weight excluding hydrogens is 288 g/mol. The first-order valence-electron chi connectivity index (χ1n) is 7.30. The van der Waals surface area contributed by atoms with Crippen LogP contribution >= 0.6 is 0 Å². The zero-order chi connectivity index (χ0) is 17.5. The Morgan fingerprint density at radius 1 is 1.18 bits per heavy atom. The number of hydrogen-bond donors (Lipinski definition) is 1. The summed E-state index contributed by atoms with van der Waals surface area (Å²) in [7, 11) is 2.84. The van der Waals surface area contributed by atoms with Gasteiger partial charge in [0, 0.05) is 20.0 Å². The summed E-state index contributed by atoms with van der Waals surface area (Å²) in [5.41, 5.74) is -0.585. The maximum absolute atomic E-state index is 12.1. The van der Waals surface area contributed by atoms with Crippen LogP contribution in [0, 0.1) is 5.92 Å². The van der Waals surface area contributed by atoms with Gasteiger partial charge in [-0.25, -0.2) is 9.59 Å². The smallest absolute Gasteiger partial charge is 0.407 e. The van der Waals surface area contributed by atoms with Crippen molar-refractivity contribution in [1.29, 1.82) is 0 Å². The highest BCUT2D eigenvalue weighted by atomic mass is 16.6. The van der Waals surface area contributed by atoms with Gasteiger partial charge in [0.25, 0.3) is 0 Å². The van der Waals surface area contributed by atoms with E-state index in [0.717, 1.165) is 0 Å². The van der Waals surface area contributed by atoms with Gasteiger partial charge in [-0.2, -0.15) is 0 Å². The Hall–Kier alpha value is -1.79. The van der Waals surface area contributed by atoms with Crippen LogP contribution in [0.2, 0.25) is 0 Å². The highest BCUT2D eigenvalue weighted by Crippen LogP contribution is 2.12. The molecular formula is C15H28N2O5. The number of amides is 2. The van der Waals surface area contributed by atoms with Crippen molar-refractivity contribution in [2.24, 2.45) is 5.92 Å². The molecule has 0 aromatic carbocycles. The Morgan fingerprint density at radius 2 is 1.73 bits per heavy atom. The van der Waals surface area contributed by atoms with Gasteiger partial charge in [0.15, 0.2) is 0 Å². The Labute approximate surface area is 132 Å². The second kappa shape index (κ2) is 8.60. The number of alkyl carbamates (subject to hydrolysis) is 1. The first-order chi connectivity index (χ1) is 9.99. The quantitative estimate of drug-likeness (QED) is 0.752. The fourth-order valence-electron chi connectivity index (χ4n) is 1.92. The van der Waals surface area contributed by atoms with Crippen LogP contribution in [-0.2, 0) is 19.1 Å². The van der Waals surface area contributed by atoms with Crippen LogP contribution in [-0.4, -0.2) is 55.2 Å². The molecule has 0 aliphatic carbocycles. The molecule has 0 aliphatic rings. The maximum Gasteiger partial charge on any atom is 0.407 e. The molecule has 22 heavy (non-hydrogen) atoms. The van der Waals surface area contributed by atoms with Crippen LogP contribution in [0.4, 0.5) is 4.79 Å². The standard InChI is InChI=1S/C15H28N2O5/c1-10(2)12(13(19)21-7)17(6)11(18)8-9-16-14(20)22-15(3,4)5/h10,12H,8-9H2,1-7H3,(H,16,20). The van der Waals surface area contributed by atoms with Crippen molar-refractivity contribution < 1.29 is 23.9 Å². The van der Waals surface area contributed by atoms with Crippen molar-refractivity contribution in [1.82, 2.24) is 10.2 Å². The van der Waals surface area contributed by atoms with Crippen molar-refractivity contribution >= 4 is 18.0 Å². The molecule has 0 aromatic heterocycles. The minimum absolute atomic E-state index is 0.0692. The number of likely N-dealkylation sites (N-methyl/N-ethyl adjacent to an activating group) is 1. The fraction of sp³-hybridized carbons (Fsp3) is 0.800. The van der Waals surface area contributed by atoms with Gasteiger partial charge in [-0.3, -0.25) is 4.79 Å². The van der Waals surface area contributed by atoms with E-state index in [2.05, 4.69) is 5.32 Å². The highest BCUT2D eigenvalue weighted by molar-refractivity contribution is 5.84. The highest BCUT2D eigenvalue weighted by Gasteiger charge is 2.30. The monoisotopic (exact) mass is 316 g/mol. The number of nitrogens with one attached hydrogen (secondary N) is 1. The molecule has 0 rings (SSSR count). The van der Waals surface area contributed by atoms with E-state index in [1.54, 1.807) is 27.8 Å². The molecule has 0 bridgehead atoms. The zero-order valence-electron chi connectivity index (χ0n) is 14.6. The summed E-state index contributed by atoms with van der Waals surface area (Å²) in [6.07, 6.45) is -0.494. The molecule has 1 atom stereocenters. The number of carbonyl (C=O) groups excluding carboxylic acids is 3. The summed E-state index contributed by atoms with van der Waals surface area (Å²) < 4.78 is 9.79. The van der Waals surface area contributed by atoms with E-state index in [1.165, 1.54) is 12.0 Å². The lowest BCUT2D eigenvalue weighted by atomic mass is 10.0. The SMILES string of the molecule is COC(=O)C(C(C)C)N(C)C(=O)CCNC(=O)OC(C)(C)C. The molecule has 0 saturated carbocycles. The molecule has 0 heterocycles. The van der Waals surface area contributed by atoms with Crippen molar-refractivity contribution in [3.63, 3.8) is 0 Å². The summed E-state index contributed by atoms with van der Waals surface area (Å²) >= 11 is 0. The largest absolute Gasteiger partial charge is 0.467 e. The lowest BCUT2D eigenvalue weighted by Gasteiger charge is -2.29. The second-order valence-electron chi connectivity index (χ2n) is 6.40. The lowest BCUT2D eigenvalue weighted by Crippen LogP contribution is -2.47. The van der Waals surface area contributed by atoms with Crippen molar-refractivity contribution in [3.05, 3.63) is 0 Å². The number of carbonyl (C=O) groups is 3. The van der Waals surface area contributed by atoms with E-state index >= 15 is 0 Å². The number of methoxy groups -OCH3 is 1. The Bertz CT molecular complexity index is 401. The number of rotatable bonds is 6. The number of hydrogen-bond acceptors (Lipinski definition) is 5. The van der Waals surface area contributed by atoms with Gasteiger partial charge in [0.05, 0.1) is 7.11 Å². The Morgan fingerprint density at radius 3 is 2.14 bits per heavy atom. The first-order valence-corrected chi connectivity index (χ1v) is 7.30. The third kappa shape index (κ3) is 7.28. The van der Waals surface area contributed by atoms with Gasteiger partial charge in [0.2, 0.25) is 5.91 Å². The number of nitrogens with zero attached hydrogens (tertiary/aromatic N) is 1. The average molecular weight is 316 g/mol. The normalized spacial score (nSPS) is 12.5. The summed E-state index contributed by atoms with van der Waals surface area (Å²) in [4.78, 5) is 36.7. The average Bonchev–Trinajstić information content (AvgIpc) is 2.35. The number of esters is 1. The van der Waals surface area contributed by atoms with Crippen LogP contribution in [0.1, 0.15) is 41.0 Å². The van der Waals surface area contributed by atoms with Crippen LogP contribution in [0.15, 0.2) is 0 Å². The predicted octanol–water partition coefficient (Wildman–Crippen LogP) is 1.56. The molecule has 0 aliphatic heterocycles. The molecule has 2 amide bonds. The van der Waals surface area contributed by atoms with Crippen LogP contribution in [0.3, 0.4) is 0 Å². The molecule has 0 aromatic rings. The second-order valence-corrected chi connectivity index (χ2v) is 6.40. The van der Waals surface area contributed by atoms with Gasteiger partial charge in [-0.1, -0.05) is 13.8 Å². The lowest BCUT2D eigenvalue weighted by molar-refractivity contribution is -0.153. The molecule has 0 spiro atoms. The molecule has 128 valence electrons. The third-order valence-corrected chi connectivity index (χ3v) is 2.89. The van der Waals surface area contributed by atoms with E-state index in [9.17, 15) is 14.4 Å². The predicted molar refractivity (Wildman–Crippen MR) is 82.3 cm³/mol. The topological polar surface area (TPSA) is 84.9 Å². The van der Waals surface area contributed by atoms with Crippen molar-refractivity contribution in [3.8, 4) is 0 Å². The molecule has 7 nitrogen and oxygen atoms in total. The minimum atomic E-state index is -0.640. The fourth-order valence-corrected chi connectivity index (χ4v) is 1.92. The number of ether oxygens (including phenoxy) is 2. The van der Waals surface area contributed by atoms with E-state index in [0.29, 0.717) is 0 Å². The van der Waals surface area contributed by atoms with Gasteiger partial charge >= 0.3 is 12.1 Å². The van der Waals surface area contributed by atoms with Crippen LogP contribution in [0.5, 0.6) is 0 Å². The molecule has 1 N–H and O–H groups in total. The molecule has 0 radical (unpaired) electrons. The summed E-state index contributed by atoms with van der Waals surface area (Å²) in [6.45, 7) is 9.10. The Balaban J connectivity index is 4.41. The minimum Gasteiger partial charge on any atom is -0.467 e. The zero-order valence-corrected chi connectivity index (χ0v) is 14.6. The Kier molecular flexibility index (Phi) is 7.90. The van der Waals surface area contributed by atoms with Crippen LogP contribution < -0.4 is 5.32 Å². The summed E-state index contributed by atoms with van der Waals surface area (Å²) in [6, 6.07) is -0.640. The van der Waals surface area contributed by atoms with E-state index < -0.39 is 23.7 Å². The summed E-state index contributed by atoms with van der Waals surface area (Å²) in [5.74, 6) is -0.772. The molecule has 0 fully saturated rings. The molecule has 7 heteroatoms. The van der Waals surface area contributed by atoms with Crippen LogP contribution in [0.25, 0.3) is 0 Å².